The molecule has 0 aliphatic heterocycles. The van der Waals surface area contributed by atoms with Gasteiger partial charge in [0.1, 0.15) is 0 Å². The van der Waals surface area contributed by atoms with E-state index in [-0.39, 0.29) is 0 Å². The molecule has 1 N–H and O–H groups in total. The Kier molecular flexibility index (Phi) is 7.38. The van der Waals surface area contributed by atoms with E-state index < -0.39 is 0 Å². The molecule has 0 aromatic carbocycles. The molecule has 0 saturated carbocycles. The van der Waals surface area contributed by atoms with Crippen molar-refractivity contribution in [2.45, 2.75) is 13.0 Å². The number of thioether (sulfide) groups is 1. The maximum Gasteiger partial charge on any atom is 0.193 e. The van der Waals surface area contributed by atoms with Crippen molar-refractivity contribution in [1.82, 2.24) is 14.8 Å². The van der Waals surface area contributed by atoms with Gasteiger partial charge in [-0.25, -0.2) is 0 Å². The molecule has 1 aromatic rings. The highest BCUT2D eigenvalue weighted by molar-refractivity contribution is 9.10. The molecule has 0 atom stereocenters. The van der Waals surface area contributed by atoms with Crippen LogP contribution in [0.1, 0.15) is 12.1 Å². The summed E-state index contributed by atoms with van der Waals surface area (Å²) in [6.45, 7) is 1.80. The van der Waals surface area contributed by atoms with E-state index in [2.05, 4.69) is 68.3 Å². The monoisotopic (exact) mass is 346 g/mol. The molecule has 0 saturated heterocycles. The van der Waals surface area contributed by atoms with Gasteiger partial charge in [-0.2, -0.15) is 11.8 Å². The van der Waals surface area contributed by atoms with Gasteiger partial charge in [0.05, 0.1) is 6.54 Å². The maximum absolute atomic E-state index is 4.32. The third kappa shape index (κ3) is 5.48. The Hall–Kier alpha value is -0.620. The van der Waals surface area contributed by atoms with Crippen molar-refractivity contribution in [3.8, 4) is 0 Å². The van der Waals surface area contributed by atoms with Crippen LogP contribution in [0.15, 0.2) is 21.7 Å². The smallest absolute Gasteiger partial charge is 0.193 e. The second-order valence-electron chi connectivity index (χ2n) is 4.44. The number of guanidine groups is 1. The number of aliphatic imine (C=N–C) groups is 1. The highest BCUT2D eigenvalue weighted by Gasteiger charge is 2.09. The van der Waals surface area contributed by atoms with Gasteiger partial charge in [0, 0.05) is 44.1 Å². The van der Waals surface area contributed by atoms with Crippen LogP contribution in [0.2, 0.25) is 0 Å². The number of rotatable bonds is 6. The molecule has 0 radical (unpaired) electrons. The number of halogens is 1. The van der Waals surface area contributed by atoms with Crippen LogP contribution in [0, 0.1) is 0 Å². The van der Waals surface area contributed by atoms with E-state index in [1.807, 2.05) is 18.8 Å². The van der Waals surface area contributed by atoms with Crippen molar-refractivity contribution in [3.05, 3.63) is 22.4 Å². The van der Waals surface area contributed by atoms with Crippen LogP contribution in [0.5, 0.6) is 0 Å². The molecule has 0 spiro atoms. The fourth-order valence-corrected chi connectivity index (χ4v) is 2.85. The van der Waals surface area contributed by atoms with Crippen molar-refractivity contribution in [3.63, 3.8) is 0 Å². The first-order chi connectivity index (χ1) is 9.08. The lowest BCUT2D eigenvalue weighted by Crippen LogP contribution is -2.39. The molecule has 108 valence electrons. The van der Waals surface area contributed by atoms with Crippen molar-refractivity contribution >= 4 is 33.7 Å². The van der Waals surface area contributed by atoms with Gasteiger partial charge in [-0.05, 0) is 40.4 Å². The second kappa shape index (κ2) is 8.53. The number of aromatic nitrogens is 1. The minimum Gasteiger partial charge on any atom is -0.356 e. The summed E-state index contributed by atoms with van der Waals surface area (Å²) >= 11 is 5.37. The Bertz CT molecular complexity index is 417. The third-order valence-electron chi connectivity index (χ3n) is 2.86. The van der Waals surface area contributed by atoms with E-state index in [1.54, 1.807) is 0 Å². The lowest BCUT2D eigenvalue weighted by Gasteiger charge is -2.22. The molecule has 1 heterocycles. The third-order valence-corrected chi connectivity index (χ3v) is 3.99. The SMILES string of the molecule is CN=C(NCCCSC)N(C)Cc1cc(Br)cn1C. The molecule has 1 rings (SSSR count). The summed E-state index contributed by atoms with van der Waals surface area (Å²) in [5.74, 6) is 2.12. The summed E-state index contributed by atoms with van der Waals surface area (Å²) in [6, 6.07) is 2.14. The molecule has 19 heavy (non-hydrogen) atoms. The average Bonchev–Trinajstić information content (AvgIpc) is 2.68. The topological polar surface area (TPSA) is 32.6 Å². The van der Waals surface area contributed by atoms with Gasteiger partial charge in [0.2, 0.25) is 0 Å². The first-order valence-electron chi connectivity index (χ1n) is 6.30. The lowest BCUT2D eigenvalue weighted by atomic mass is 10.4. The number of hydrogen-bond donors (Lipinski definition) is 1. The zero-order chi connectivity index (χ0) is 14.3. The molecular weight excluding hydrogens is 324 g/mol. The van der Waals surface area contributed by atoms with Crippen LogP contribution in [-0.4, -0.2) is 48.1 Å². The molecule has 0 aliphatic carbocycles. The molecule has 0 bridgehead atoms. The molecule has 0 amide bonds. The normalized spacial score (nSPS) is 11.7. The highest BCUT2D eigenvalue weighted by Crippen LogP contribution is 2.14. The van der Waals surface area contributed by atoms with Crippen LogP contribution in [-0.2, 0) is 13.6 Å². The predicted octanol–water partition coefficient (Wildman–Crippen LogP) is 2.55. The van der Waals surface area contributed by atoms with Gasteiger partial charge in [0.15, 0.2) is 5.96 Å². The van der Waals surface area contributed by atoms with E-state index in [9.17, 15) is 0 Å². The summed E-state index contributed by atoms with van der Waals surface area (Å²) < 4.78 is 3.24. The van der Waals surface area contributed by atoms with Gasteiger partial charge in [-0.15, -0.1) is 0 Å². The van der Waals surface area contributed by atoms with Crippen molar-refractivity contribution in [1.29, 1.82) is 0 Å². The van der Waals surface area contributed by atoms with E-state index in [4.69, 9.17) is 0 Å². The average molecular weight is 347 g/mol. The van der Waals surface area contributed by atoms with E-state index in [1.165, 1.54) is 11.4 Å². The Balaban J connectivity index is 2.50. The molecular formula is C13H23BrN4S. The number of hydrogen-bond acceptors (Lipinski definition) is 2. The fraction of sp³-hybridized carbons (Fsp3) is 0.615. The van der Waals surface area contributed by atoms with Crippen LogP contribution in [0.25, 0.3) is 0 Å². The lowest BCUT2D eigenvalue weighted by molar-refractivity contribution is 0.462. The van der Waals surface area contributed by atoms with Crippen LogP contribution in [0.3, 0.4) is 0 Å². The van der Waals surface area contributed by atoms with Crippen LogP contribution in [0.4, 0.5) is 0 Å². The number of nitrogens with one attached hydrogen (secondary N) is 1. The van der Waals surface area contributed by atoms with Crippen molar-refractivity contribution in [2.24, 2.45) is 12.0 Å². The Morgan fingerprint density at radius 3 is 2.84 bits per heavy atom. The van der Waals surface area contributed by atoms with Crippen molar-refractivity contribution in [2.75, 3.05) is 32.6 Å². The molecule has 4 nitrogen and oxygen atoms in total. The first-order valence-corrected chi connectivity index (χ1v) is 8.48. The van der Waals surface area contributed by atoms with Gasteiger partial charge in [-0.3, -0.25) is 4.99 Å². The summed E-state index contributed by atoms with van der Waals surface area (Å²) in [5, 5.41) is 3.39. The predicted molar refractivity (Wildman–Crippen MR) is 88.9 cm³/mol. The minimum absolute atomic E-state index is 0.838. The van der Waals surface area contributed by atoms with Crippen LogP contribution >= 0.6 is 27.7 Å². The summed E-state index contributed by atoms with van der Waals surface area (Å²) in [7, 11) is 5.95. The zero-order valence-electron chi connectivity index (χ0n) is 12.1. The first kappa shape index (κ1) is 16.4. The van der Waals surface area contributed by atoms with Gasteiger partial charge in [0.25, 0.3) is 0 Å². The van der Waals surface area contributed by atoms with Crippen LogP contribution < -0.4 is 5.32 Å². The highest BCUT2D eigenvalue weighted by atomic mass is 79.9. The Labute approximate surface area is 128 Å². The number of aryl methyl sites for hydroxylation is 1. The van der Waals surface area contributed by atoms with E-state index in [0.29, 0.717) is 0 Å². The quantitative estimate of drug-likeness (QED) is 0.488. The molecule has 0 unspecified atom stereocenters. The maximum atomic E-state index is 4.32. The minimum atomic E-state index is 0.838. The summed E-state index contributed by atoms with van der Waals surface area (Å²) in [4.78, 5) is 6.46. The van der Waals surface area contributed by atoms with E-state index in [0.717, 1.165) is 29.9 Å². The fourth-order valence-electron chi connectivity index (χ4n) is 1.84. The molecule has 0 aliphatic rings. The molecule has 1 aromatic heterocycles. The summed E-state index contributed by atoms with van der Waals surface area (Å²) in [5.41, 5.74) is 1.25. The van der Waals surface area contributed by atoms with Crippen molar-refractivity contribution < 1.29 is 0 Å². The van der Waals surface area contributed by atoms with E-state index >= 15 is 0 Å². The largest absolute Gasteiger partial charge is 0.356 e. The number of nitrogens with zero attached hydrogens (tertiary/aromatic N) is 3. The Morgan fingerprint density at radius 2 is 2.32 bits per heavy atom. The van der Waals surface area contributed by atoms with Gasteiger partial charge >= 0.3 is 0 Å². The van der Waals surface area contributed by atoms with Gasteiger partial charge < -0.3 is 14.8 Å². The Morgan fingerprint density at radius 1 is 1.58 bits per heavy atom. The summed E-state index contributed by atoms with van der Waals surface area (Å²) in [6.07, 6.45) is 5.36. The standard InChI is InChI=1S/C13H23BrN4S/c1-15-13(16-6-5-7-19-4)18(3)10-12-8-11(14)9-17(12)2/h8-9H,5-7,10H2,1-4H3,(H,15,16). The molecule has 0 fully saturated rings. The van der Waals surface area contributed by atoms with Gasteiger partial charge in [-0.1, -0.05) is 0 Å². The second-order valence-corrected chi connectivity index (χ2v) is 6.34. The molecule has 6 heteroatoms. The zero-order valence-corrected chi connectivity index (χ0v) is 14.5.